The van der Waals surface area contributed by atoms with Crippen molar-refractivity contribution in [1.82, 2.24) is 9.13 Å². The van der Waals surface area contributed by atoms with E-state index in [0.29, 0.717) is 26.3 Å². The van der Waals surface area contributed by atoms with Gasteiger partial charge in [0.2, 0.25) is 0 Å². The van der Waals surface area contributed by atoms with Crippen molar-refractivity contribution in [1.29, 1.82) is 0 Å². The third-order valence-electron chi connectivity index (χ3n) is 8.11. The molecular formula is C37H33N3O6S. The number of rotatable bonds is 8. The Morgan fingerprint density at radius 3 is 2.28 bits per heavy atom. The van der Waals surface area contributed by atoms with E-state index in [1.54, 1.807) is 30.7 Å². The highest BCUT2D eigenvalue weighted by molar-refractivity contribution is 7.07. The Labute approximate surface area is 275 Å². The highest BCUT2D eigenvalue weighted by Crippen LogP contribution is 2.35. The summed E-state index contributed by atoms with van der Waals surface area (Å²) in [4.78, 5) is 45.4. The Kier molecular flexibility index (Phi) is 8.78. The molecule has 1 aliphatic rings. The molecule has 47 heavy (non-hydrogen) atoms. The van der Waals surface area contributed by atoms with Gasteiger partial charge in [-0.3, -0.25) is 9.36 Å². The van der Waals surface area contributed by atoms with Crippen LogP contribution in [-0.4, -0.2) is 41.9 Å². The Morgan fingerprint density at radius 2 is 1.64 bits per heavy atom. The van der Waals surface area contributed by atoms with Crippen molar-refractivity contribution >= 4 is 35.0 Å². The van der Waals surface area contributed by atoms with Crippen molar-refractivity contribution in [3.63, 3.8) is 0 Å². The fourth-order valence-electron chi connectivity index (χ4n) is 5.88. The lowest BCUT2D eigenvalue weighted by atomic mass is 9.93. The number of hydrogen-bond acceptors (Lipinski definition) is 8. The van der Waals surface area contributed by atoms with Crippen LogP contribution >= 0.6 is 11.3 Å². The summed E-state index contributed by atoms with van der Waals surface area (Å²) < 4.78 is 19.9. The first-order chi connectivity index (χ1) is 22.7. The van der Waals surface area contributed by atoms with Gasteiger partial charge in [-0.1, -0.05) is 53.8 Å². The Balaban J connectivity index is 1.54. The minimum atomic E-state index is -0.783. The quantitative estimate of drug-likeness (QED) is 0.216. The van der Waals surface area contributed by atoms with Crippen LogP contribution in [-0.2, 0) is 14.3 Å². The molecular weight excluding hydrogens is 614 g/mol. The second-order valence-electron chi connectivity index (χ2n) is 10.9. The highest BCUT2D eigenvalue weighted by Gasteiger charge is 2.35. The molecule has 0 aliphatic carbocycles. The summed E-state index contributed by atoms with van der Waals surface area (Å²) in [7, 11) is 2.94. The van der Waals surface area contributed by atoms with Crippen molar-refractivity contribution in [3.05, 3.63) is 144 Å². The van der Waals surface area contributed by atoms with Gasteiger partial charge in [0.1, 0.15) is 5.75 Å². The molecule has 2 aromatic heterocycles. The molecule has 10 heteroatoms. The molecule has 0 saturated heterocycles. The van der Waals surface area contributed by atoms with Gasteiger partial charge in [-0.05, 0) is 80.4 Å². The monoisotopic (exact) mass is 647 g/mol. The molecule has 0 fully saturated rings. The van der Waals surface area contributed by atoms with E-state index in [4.69, 9.17) is 19.2 Å². The van der Waals surface area contributed by atoms with Crippen LogP contribution in [0.3, 0.4) is 0 Å². The predicted molar refractivity (Wildman–Crippen MR) is 181 cm³/mol. The maximum atomic E-state index is 14.3. The molecule has 1 atom stereocenters. The first-order valence-corrected chi connectivity index (χ1v) is 15.9. The van der Waals surface area contributed by atoms with Crippen LogP contribution in [0.15, 0.2) is 100 Å². The van der Waals surface area contributed by atoms with Crippen molar-refractivity contribution in [2.24, 2.45) is 4.99 Å². The third kappa shape index (κ3) is 5.83. The number of hydrogen-bond donors (Lipinski definition) is 0. The fourth-order valence-corrected chi connectivity index (χ4v) is 6.87. The molecule has 0 bridgehead atoms. The van der Waals surface area contributed by atoms with Crippen LogP contribution in [0.5, 0.6) is 5.75 Å². The van der Waals surface area contributed by atoms with Gasteiger partial charge >= 0.3 is 11.9 Å². The normalized spacial score (nSPS) is 14.4. The van der Waals surface area contributed by atoms with E-state index in [2.05, 4.69) is 4.57 Å². The van der Waals surface area contributed by atoms with Gasteiger partial charge in [-0.15, -0.1) is 0 Å². The molecule has 9 nitrogen and oxygen atoms in total. The molecule has 5 aromatic rings. The summed E-state index contributed by atoms with van der Waals surface area (Å²) in [6, 6.07) is 25.2. The van der Waals surface area contributed by atoms with Crippen LogP contribution in [0.4, 0.5) is 0 Å². The average molecular weight is 648 g/mol. The van der Waals surface area contributed by atoms with Gasteiger partial charge in [0, 0.05) is 22.6 Å². The van der Waals surface area contributed by atoms with Gasteiger partial charge in [-0.2, -0.15) is 0 Å². The van der Waals surface area contributed by atoms with E-state index in [-0.39, 0.29) is 17.7 Å². The van der Waals surface area contributed by atoms with E-state index in [1.165, 1.54) is 18.4 Å². The molecule has 3 heterocycles. The molecule has 0 N–H and O–H groups in total. The van der Waals surface area contributed by atoms with Gasteiger partial charge < -0.3 is 18.8 Å². The lowest BCUT2D eigenvalue weighted by molar-refractivity contribution is -0.138. The molecule has 3 aromatic carbocycles. The fraction of sp³-hybridized carbons (Fsp3) is 0.189. The minimum Gasteiger partial charge on any atom is -0.497 e. The number of ether oxygens (including phenoxy) is 3. The molecule has 0 spiro atoms. The summed E-state index contributed by atoms with van der Waals surface area (Å²) >= 11 is 1.27. The minimum absolute atomic E-state index is 0.172. The standard InChI is InChI=1S/C37H33N3O6S/c1-6-46-36(43)31-32(24-10-8-7-9-11-24)38-37-40(33(31)25-14-18-29(44-4)19-15-25)34(41)30(47-37)21-27-20-22(2)39(23(27)3)28-16-12-26(13-17-28)35(42)45-5/h7-21,33H,6H2,1-5H3/b30-21+/t33-/m1/s1. The van der Waals surface area contributed by atoms with Crippen LogP contribution in [0.1, 0.15) is 51.4 Å². The third-order valence-corrected chi connectivity index (χ3v) is 9.09. The van der Waals surface area contributed by atoms with Crippen molar-refractivity contribution < 1.29 is 23.8 Å². The van der Waals surface area contributed by atoms with E-state index in [1.807, 2.05) is 92.7 Å². The number of benzene rings is 3. The molecule has 238 valence electrons. The maximum absolute atomic E-state index is 14.3. The predicted octanol–water partition coefficient (Wildman–Crippen LogP) is 5.14. The summed E-state index contributed by atoms with van der Waals surface area (Å²) in [6.45, 7) is 5.89. The number of aromatic nitrogens is 2. The lowest BCUT2D eigenvalue weighted by Crippen LogP contribution is -2.40. The van der Waals surface area contributed by atoms with E-state index in [0.717, 1.165) is 33.8 Å². The summed E-state index contributed by atoms with van der Waals surface area (Å²) in [5.74, 6) is -0.281. The Hall–Kier alpha value is -5.48. The Morgan fingerprint density at radius 1 is 0.936 bits per heavy atom. The van der Waals surface area contributed by atoms with Gasteiger partial charge in [0.15, 0.2) is 4.80 Å². The van der Waals surface area contributed by atoms with Crippen LogP contribution < -0.4 is 19.6 Å². The zero-order chi connectivity index (χ0) is 33.2. The summed E-state index contributed by atoms with van der Waals surface area (Å²) in [6.07, 6.45) is 1.87. The number of carbonyl (C=O) groups excluding carboxylic acids is 2. The second-order valence-corrected chi connectivity index (χ2v) is 11.9. The van der Waals surface area contributed by atoms with Crippen LogP contribution in [0.25, 0.3) is 17.5 Å². The first-order valence-electron chi connectivity index (χ1n) is 15.1. The van der Waals surface area contributed by atoms with E-state index in [9.17, 15) is 14.4 Å². The molecule has 0 radical (unpaired) electrons. The van der Waals surface area contributed by atoms with Gasteiger partial charge in [-0.25, -0.2) is 14.6 Å². The zero-order valence-electron chi connectivity index (χ0n) is 26.6. The van der Waals surface area contributed by atoms with Gasteiger partial charge in [0.25, 0.3) is 5.56 Å². The molecule has 1 aliphatic heterocycles. The van der Waals surface area contributed by atoms with Crippen molar-refractivity contribution in [2.45, 2.75) is 26.8 Å². The van der Waals surface area contributed by atoms with E-state index >= 15 is 0 Å². The second kappa shape index (κ2) is 13.1. The van der Waals surface area contributed by atoms with Gasteiger partial charge in [0.05, 0.1) is 48.2 Å². The van der Waals surface area contributed by atoms with Crippen LogP contribution in [0, 0.1) is 13.8 Å². The zero-order valence-corrected chi connectivity index (χ0v) is 27.5. The van der Waals surface area contributed by atoms with Crippen molar-refractivity contribution in [3.8, 4) is 11.4 Å². The van der Waals surface area contributed by atoms with E-state index < -0.39 is 18.0 Å². The number of carbonyl (C=O) groups is 2. The smallest absolute Gasteiger partial charge is 0.338 e. The Bertz CT molecular complexity index is 2190. The molecule has 6 rings (SSSR count). The van der Waals surface area contributed by atoms with Crippen molar-refractivity contribution in [2.75, 3.05) is 20.8 Å². The highest BCUT2D eigenvalue weighted by atomic mass is 32.1. The number of nitrogens with zero attached hydrogens (tertiary/aromatic N) is 3. The largest absolute Gasteiger partial charge is 0.497 e. The topological polar surface area (TPSA) is 101 Å². The SMILES string of the molecule is CCOC(=O)C1=C(c2ccccc2)N=c2s/c(=C/c3cc(C)n(-c4ccc(C(=O)OC)cc4)c3C)c(=O)n2[C@@H]1c1ccc(OC)cc1. The first kappa shape index (κ1) is 31.5. The summed E-state index contributed by atoms with van der Waals surface area (Å²) in [5, 5.41) is 0. The average Bonchev–Trinajstić information content (AvgIpc) is 3.56. The molecule has 0 unspecified atom stereocenters. The van der Waals surface area contributed by atoms with Crippen LogP contribution in [0.2, 0.25) is 0 Å². The lowest BCUT2D eigenvalue weighted by Gasteiger charge is -2.26. The molecule has 0 saturated carbocycles. The number of methoxy groups -OCH3 is 2. The maximum Gasteiger partial charge on any atom is 0.338 e. The number of thiazole rings is 1. The number of fused-ring (bicyclic) bond motifs is 1. The molecule has 0 amide bonds. The number of esters is 2. The summed E-state index contributed by atoms with van der Waals surface area (Å²) in [5.41, 5.74) is 6.02. The number of aryl methyl sites for hydroxylation is 1.